The lowest BCUT2D eigenvalue weighted by Gasteiger charge is -2.14. The molecule has 1 fully saturated rings. The lowest BCUT2D eigenvalue weighted by atomic mass is 10.0. The largest absolute Gasteiger partial charge is 0.312 e. The molecule has 3 heteroatoms. The van der Waals surface area contributed by atoms with Gasteiger partial charge in [-0.3, -0.25) is 4.68 Å². The van der Waals surface area contributed by atoms with Gasteiger partial charge in [0.2, 0.25) is 0 Å². The van der Waals surface area contributed by atoms with Gasteiger partial charge in [0.05, 0.1) is 5.69 Å². The summed E-state index contributed by atoms with van der Waals surface area (Å²) in [6, 6.07) is 0. The van der Waals surface area contributed by atoms with E-state index >= 15 is 0 Å². The van der Waals surface area contributed by atoms with Gasteiger partial charge in [0, 0.05) is 43.7 Å². The molecule has 0 bridgehead atoms. The SMILES string of the molecule is Cn1nc(C2CC2)c2c1CCNC2. The molecule has 13 heavy (non-hydrogen) atoms. The third kappa shape index (κ3) is 1.10. The van der Waals surface area contributed by atoms with Crippen LogP contribution in [0.1, 0.15) is 35.7 Å². The molecular formula is C10H15N3. The lowest BCUT2D eigenvalue weighted by Crippen LogP contribution is -2.24. The highest BCUT2D eigenvalue weighted by Gasteiger charge is 2.31. The summed E-state index contributed by atoms with van der Waals surface area (Å²) < 4.78 is 2.09. The van der Waals surface area contributed by atoms with E-state index in [9.17, 15) is 0 Å². The third-order valence-corrected chi connectivity index (χ3v) is 3.11. The maximum absolute atomic E-state index is 4.63. The molecule has 0 aromatic carbocycles. The predicted molar refractivity (Wildman–Crippen MR) is 50.6 cm³/mol. The van der Waals surface area contributed by atoms with Crippen molar-refractivity contribution in [3.63, 3.8) is 0 Å². The van der Waals surface area contributed by atoms with Gasteiger partial charge < -0.3 is 5.32 Å². The minimum absolute atomic E-state index is 0.787. The number of nitrogens with zero attached hydrogens (tertiary/aromatic N) is 2. The Morgan fingerprint density at radius 1 is 1.46 bits per heavy atom. The van der Waals surface area contributed by atoms with Crippen molar-refractivity contribution in [3.05, 3.63) is 17.0 Å². The molecule has 3 rings (SSSR count). The second-order valence-corrected chi connectivity index (χ2v) is 4.14. The molecule has 1 aromatic rings. The Labute approximate surface area is 78.1 Å². The molecule has 2 heterocycles. The normalized spacial score (nSPS) is 21.6. The Balaban J connectivity index is 2.09. The number of aromatic nitrogens is 2. The molecule has 1 N–H and O–H groups in total. The van der Waals surface area contributed by atoms with E-state index in [-0.39, 0.29) is 0 Å². The van der Waals surface area contributed by atoms with E-state index in [4.69, 9.17) is 0 Å². The Bertz CT molecular complexity index is 336. The first-order valence-corrected chi connectivity index (χ1v) is 5.11. The van der Waals surface area contributed by atoms with Crippen LogP contribution < -0.4 is 5.32 Å². The van der Waals surface area contributed by atoms with Crippen molar-refractivity contribution in [3.8, 4) is 0 Å². The highest BCUT2D eigenvalue weighted by molar-refractivity contribution is 5.33. The van der Waals surface area contributed by atoms with Crippen LogP contribution in [0.2, 0.25) is 0 Å². The topological polar surface area (TPSA) is 29.9 Å². The summed E-state index contributed by atoms with van der Waals surface area (Å²) >= 11 is 0. The Morgan fingerprint density at radius 2 is 2.31 bits per heavy atom. The minimum atomic E-state index is 0.787. The van der Waals surface area contributed by atoms with Crippen LogP contribution in [-0.2, 0) is 20.0 Å². The zero-order chi connectivity index (χ0) is 8.84. The van der Waals surface area contributed by atoms with Crippen LogP contribution in [0.5, 0.6) is 0 Å². The smallest absolute Gasteiger partial charge is 0.0703 e. The van der Waals surface area contributed by atoms with E-state index in [1.807, 2.05) is 0 Å². The third-order valence-electron chi connectivity index (χ3n) is 3.11. The quantitative estimate of drug-likeness (QED) is 0.692. The van der Waals surface area contributed by atoms with Gasteiger partial charge >= 0.3 is 0 Å². The average Bonchev–Trinajstić information content (AvgIpc) is 2.94. The van der Waals surface area contributed by atoms with E-state index in [0.29, 0.717) is 0 Å². The van der Waals surface area contributed by atoms with Gasteiger partial charge in [-0.05, 0) is 12.8 Å². The Hall–Kier alpha value is -0.830. The lowest BCUT2D eigenvalue weighted by molar-refractivity contribution is 0.604. The highest BCUT2D eigenvalue weighted by atomic mass is 15.3. The highest BCUT2D eigenvalue weighted by Crippen LogP contribution is 2.41. The van der Waals surface area contributed by atoms with E-state index in [0.717, 1.165) is 25.4 Å². The fourth-order valence-corrected chi connectivity index (χ4v) is 2.24. The molecule has 2 aliphatic rings. The van der Waals surface area contributed by atoms with Crippen LogP contribution in [0.3, 0.4) is 0 Å². The van der Waals surface area contributed by atoms with Crippen molar-refractivity contribution in [2.45, 2.75) is 31.7 Å². The monoisotopic (exact) mass is 177 g/mol. The van der Waals surface area contributed by atoms with Crippen LogP contribution in [-0.4, -0.2) is 16.3 Å². The van der Waals surface area contributed by atoms with Crippen molar-refractivity contribution in [2.75, 3.05) is 6.54 Å². The number of nitrogens with one attached hydrogen (secondary N) is 1. The zero-order valence-corrected chi connectivity index (χ0v) is 8.01. The molecule has 1 aliphatic carbocycles. The maximum atomic E-state index is 4.63. The summed E-state index contributed by atoms with van der Waals surface area (Å²) in [5, 5.41) is 8.05. The van der Waals surface area contributed by atoms with Crippen LogP contribution in [0, 0.1) is 0 Å². The number of fused-ring (bicyclic) bond motifs is 1. The first-order valence-electron chi connectivity index (χ1n) is 5.11. The molecule has 0 saturated heterocycles. The number of hydrogen-bond donors (Lipinski definition) is 1. The summed E-state index contributed by atoms with van der Waals surface area (Å²) in [5.74, 6) is 0.787. The first kappa shape index (κ1) is 7.56. The van der Waals surface area contributed by atoms with Crippen molar-refractivity contribution in [1.29, 1.82) is 0 Å². The number of rotatable bonds is 1. The number of aryl methyl sites for hydroxylation is 1. The fraction of sp³-hybridized carbons (Fsp3) is 0.700. The van der Waals surface area contributed by atoms with Crippen LogP contribution >= 0.6 is 0 Å². The standard InChI is InChI=1S/C10H15N3/c1-13-9-4-5-11-6-8(9)10(12-13)7-2-3-7/h7,11H,2-6H2,1H3. The van der Waals surface area contributed by atoms with Gasteiger partial charge in [-0.25, -0.2) is 0 Å². The molecule has 0 radical (unpaired) electrons. The molecule has 0 unspecified atom stereocenters. The molecule has 0 amide bonds. The van der Waals surface area contributed by atoms with E-state index in [2.05, 4.69) is 22.1 Å². The summed E-state index contributed by atoms with van der Waals surface area (Å²) in [7, 11) is 2.08. The molecule has 1 aliphatic heterocycles. The molecule has 0 spiro atoms. The average molecular weight is 177 g/mol. The van der Waals surface area contributed by atoms with Gasteiger partial charge in [0.1, 0.15) is 0 Å². The van der Waals surface area contributed by atoms with Crippen molar-refractivity contribution < 1.29 is 0 Å². The van der Waals surface area contributed by atoms with Crippen LogP contribution in [0.15, 0.2) is 0 Å². The molecule has 0 atom stereocenters. The van der Waals surface area contributed by atoms with Gasteiger partial charge in [-0.2, -0.15) is 5.10 Å². The Morgan fingerprint density at radius 3 is 3.08 bits per heavy atom. The van der Waals surface area contributed by atoms with Crippen molar-refractivity contribution in [2.24, 2.45) is 7.05 Å². The Kier molecular flexibility index (Phi) is 1.50. The van der Waals surface area contributed by atoms with E-state index in [1.165, 1.54) is 29.8 Å². The second kappa shape index (κ2) is 2.58. The summed E-state index contributed by atoms with van der Waals surface area (Å²) in [4.78, 5) is 0. The van der Waals surface area contributed by atoms with Gasteiger partial charge in [-0.1, -0.05) is 0 Å². The summed E-state index contributed by atoms with van der Waals surface area (Å²) in [6.45, 7) is 2.14. The molecule has 70 valence electrons. The minimum Gasteiger partial charge on any atom is -0.312 e. The number of hydrogen-bond acceptors (Lipinski definition) is 2. The molecule has 3 nitrogen and oxygen atoms in total. The molecular weight excluding hydrogens is 162 g/mol. The van der Waals surface area contributed by atoms with Crippen molar-refractivity contribution in [1.82, 2.24) is 15.1 Å². The molecule has 1 aromatic heterocycles. The first-order chi connectivity index (χ1) is 6.36. The maximum Gasteiger partial charge on any atom is 0.0703 e. The zero-order valence-electron chi connectivity index (χ0n) is 8.01. The van der Waals surface area contributed by atoms with E-state index in [1.54, 1.807) is 0 Å². The second-order valence-electron chi connectivity index (χ2n) is 4.14. The van der Waals surface area contributed by atoms with Gasteiger partial charge in [-0.15, -0.1) is 0 Å². The van der Waals surface area contributed by atoms with Crippen molar-refractivity contribution >= 4 is 0 Å². The summed E-state index contributed by atoms with van der Waals surface area (Å²) in [5.41, 5.74) is 4.33. The van der Waals surface area contributed by atoms with Crippen LogP contribution in [0.4, 0.5) is 0 Å². The van der Waals surface area contributed by atoms with Gasteiger partial charge in [0.15, 0.2) is 0 Å². The van der Waals surface area contributed by atoms with E-state index < -0.39 is 0 Å². The fourth-order valence-electron chi connectivity index (χ4n) is 2.24. The predicted octanol–water partition coefficient (Wildman–Crippen LogP) is 0.943. The van der Waals surface area contributed by atoms with Crippen LogP contribution in [0.25, 0.3) is 0 Å². The van der Waals surface area contributed by atoms with Gasteiger partial charge in [0.25, 0.3) is 0 Å². The molecule has 1 saturated carbocycles. The summed E-state index contributed by atoms with van der Waals surface area (Å²) in [6.07, 6.45) is 3.85.